The Morgan fingerprint density at radius 1 is 0.960 bits per heavy atom. The van der Waals surface area contributed by atoms with Crippen molar-refractivity contribution in [1.82, 2.24) is 10.2 Å². The molecule has 25 heavy (non-hydrogen) atoms. The van der Waals surface area contributed by atoms with E-state index in [-0.39, 0.29) is 6.03 Å². The molecule has 4 heteroatoms. The van der Waals surface area contributed by atoms with E-state index in [0.717, 1.165) is 32.6 Å². The summed E-state index contributed by atoms with van der Waals surface area (Å²) < 4.78 is 0. The predicted molar refractivity (Wildman–Crippen MR) is 103 cm³/mol. The fourth-order valence-corrected chi connectivity index (χ4v) is 3.17. The highest BCUT2D eigenvalue weighted by Gasteiger charge is 2.20. The number of aryl methyl sites for hydroxylation is 2. The molecular weight excluding hydrogens is 310 g/mol. The third-order valence-electron chi connectivity index (χ3n) is 4.74. The van der Waals surface area contributed by atoms with Crippen LogP contribution in [0.4, 0.5) is 10.5 Å². The molecule has 1 N–H and O–H groups in total. The standard InChI is InChI=1S/C21H27N3O/c1-17-6-8-19(9-7-17)10-11-22-21(25)24-14-12-23(13-15-24)20-5-3-4-18(2)16-20/h3-9,16H,10-15H2,1-2H3,(H,22,25). The fourth-order valence-electron chi connectivity index (χ4n) is 3.17. The van der Waals surface area contributed by atoms with Gasteiger partial charge in [-0.15, -0.1) is 0 Å². The summed E-state index contributed by atoms with van der Waals surface area (Å²) in [7, 11) is 0. The van der Waals surface area contributed by atoms with Crippen molar-refractivity contribution in [3.05, 3.63) is 65.2 Å². The van der Waals surface area contributed by atoms with Crippen molar-refractivity contribution in [2.45, 2.75) is 20.3 Å². The second kappa shape index (κ2) is 8.06. The monoisotopic (exact) mass is 337 g/mol. The Hall–Kier alpha value is -2.49. The molecule has 0 aromatic heterocycles. The number of anilines is 1. The lowest BCUT2D eigenvalue weighted by molar-refractivity contribution is 0.194. The van der Waals surface area contributed by atoms with Gasteiger partial charge in [0, 0.05) is 38.4 Å². The number of urea groups is 1. The minimum Gasteiger partial charge on any atom is -0.368 e. The SMILES string of the molecule is Cc1ccc(CCNC(=O)N2CCN(c3cccc(C)c3)CC2)cc1. The van der Waals surface area contributed by atoms with Gasteiger partial charge in [0.25, 0.3) is 0 Å². The van der Waals surface area contributed by atoms with E-state index in [0.29, 0.717) is 6.54 Å². The van der Waals surface area contributed by atoms with Gasteiger partial charge in [-0.05, 0) is 43.5 Å². The average Bonchev–Trinajstić information content (AvgIpc) is 2.63. The second-order valence-corrected chi connectivity index (χ2v) is 6.78. The number of piperazine rings is 1. The number of rotatable bonds is 4. The quantitative estimate of drug-likeness (QED) is 0.928. The molecule has 0 spiro atoms. The van der Waals surface area contributed by atoms with Crippen molar-refractivity contribution in [3.63, 3.8) is 0 Å². The number of hydrogen-bond acceptors (Lipinski definition) is 2. The third kappa shape index (κ3) is 4.75. The Bertz CT molecular complexity index is 703. The summed E-state index contributed by atoms with van der Waals surface area (Å²) in [5.41, 5.74) is 5.04. The molecule has 4 nitrogen and oxygen atoms in total. The van der Waals surface area contributed by atoms with Crippen molar-refractivity contribution in [2.75, 3.05) is 37.6 Å². The molecule has 1 saturated heterocycles. The summed E-state index contributed by atoms with van der Waals surface area (Å²) in [6.07, 6.45) is 0.870. The Morgan fingerprint density at radius 3 is 2.36 bits per heavy atom. The number of amides is 2. The van der Waals surface area contributed by atoms with E-state index in [1.54, 1.807) is 0 Å². The van der Waals surface area contributed by atoms with Gasteiger partial charge in [0.1, 0.15) is 0 Å². The molecule has 1 fully saturated rings. The lowest BCUT2D eigenvalue weighted by Crippen LogP contribution is -2.52. The van der Waals surface area contributed by atoms with Crippen molar-refractivity contribution >= 4 is 11.7 Å². The van der Waals surface area contributed by atoms with Crippen LogP contribution in [-0.4, -0.2) is 43.7 Å². The normalized spacial score (nSPS) is 14.5. The zero-order chi connectivity index (χ0) is 17.6. The Balaban J connectivity index is 1.43. The van der Waals surface area contributed by atoms with Crippen LogP contribution in [0.25, 0.3) is 0 Å². The first-order valence-electron chi connectivity index (χ1n) is 9.02. The summed E-state index contributed by atoms with van der Waals surface area (Å²) in [6, 6.07) is 17.1. The summed E-state index contributed by atoms with van der Waals surface area (Å²) in [5, 5.41) is 3.05. The van der Waals surface area contributed by atoms with E-state index in [4.69, 9.17) is 0 Å². The van der Waals surface area contributed by atoms with Crippen LogP contribution in [0.15, 0.2) is 48.5 Å². The fraction of sp³-hybridized carbons (Fsp3) is 0.381. The van der Waals surface area contributed by atoms with Crippen LogP contribution >= 0.6 is 0 Å². The van der Waals surface area contributed by atoms with Crippen molar-refractivity contribution < 1.29 is 4.79 Å². The van der Waals surface area contributed by atoms with Crippen LogP contribution in [0.5, 0.6) is 0 Å². The highest BCUT2D eigenvalue weighted by Crippen LogP contribution is 2.17. The number of nitrogens with zero attached hydrogens (tertiary/aromatic N) is 2. The average molecular weight is 337 g/mol. The van der Waals surface area contributed by atoms with Crippen molar-refractivity contribution in [1.29, 1.82) is 0 Å². The molecule has 0 unspecified atom stereocenters. The molecule has 2 aromatic rings. The lowest BCUT2D eigenvalue weighted by atomic mass is 10.1. The van der Waals surface area contributed by atoms with E-state index < -0.39 is 0 Å². The van der Waals surface area contributed by atoms with E-state index in [1.165, 1.54) is 22.4 Å². The summed E-state index contributed by atoms with van der Waals surface area (Å²) >= 11 is 0. The molecule has 3 rings (SSSR count). The number of carbonyl (C=O) groups is 1. The first-order chi connectivity index (χ1) is 12.1. The molecule has 0 saturated carbocycles. The first kappa shape index (κ1) is 17.3. The smallest absolute Gasteiger partial charge is 0.317 e. The Labute approximate surface area is 150 Å². The minimum absolute atomic E-state index is 0.0519. The third-order valence-corrected chi connectivity index (χ3v) is 4.74. The predicted octanol–water partition coefficient (Wildman–Crippen LogP) is 3.38. The zero-order valence-electron chi connectivity index (χ0n) is 15.2. The van der Waals surface area contributed by atoms with E-state index in [1.807, 2.05) is 4.90 Å². The van der Waals surface area contributed by atoms with Gasteiger partial charge >= 0.3 is 6.03 Å². The van der Waals surface area contributed by atoms with Crippen LogP contribution < -0.4 is 10.2 Å². The minimum atomic E-state index is 0.0519. The molecular formula is C21H27N3O. The molecule has 1 aliphatic heterocycles. The maximum absolute atomic E-state index is 12.3. The number of nitrogens with one attached hydrogen (secondary N) is 1. The van der Waals surface area contributed by atoms with Gasteiger partial charge in [0.05, 0.1) is 0 Å². The van der Waals surface area contributed by atoms with Gasteiger partial charge in [0.2, 0.25) is 0 Å². The Morgan fingerprint density at radius 2 is 1.68 bits per heavy atom. The van der Waals surface area contributed by atoms with Gasteiger partial charge in [0.15, 0.2) is 0 Å². The highest BCUT2D eigenvalue weighted by molar-refractivity contribution is 5.74. The van der Waals surface area contributed by atoms with Crippen LogP contribution in [0.1, 0.15) is 16.7 Å². The summed E-state index contributed by atoms with van der Waals surface area (Å²) in [6.45, 7) is 8.18. The van der Waals surface area contributed by atoms with Crippen LogP contribution in [-0.2, 0) is 6.42 Å². The maximum atomic E-state index is 12.3. The topological polar surface area (TPSA) is 35.6 Å². The molecule has 2 aromatic carbocycles. The second-order valence-electron chi connectivity index (χ2n) is 6.78. The van der Waals surface area contributed by atoms with Gasteiger partial charge in [-0.1, -0.05) is 42.0 Å². The number of hydrogen-bond donors (Lipinski definition) is 1. The molecule has 1 aliphatic rings. The van der Waals surface area contributed by atoms with E-state index in [2.05, 4.69) is 72.6 Å². The molecule has 2 amide bonds. The molecule has 1 heterocycles. The molecule has 132 valence electrons. The molecule has 0 radical (unpaired) electrons. The van der Waals surface area contributed by atoms with Crippen LogP contribution in [0.2, 0.25) is 0 Å². The van der Waals surface area contributed by atoms with E-state index >= 15 is 0 Å². The highest BCUT2D eigenvalue weighted by atomic mass is 16.2. The van der Waals surface area contributed by atoms with Gasteiger partial charge in [-0.25, -0.2) is 4.79 Å². The van der Waals surface area contributed by atoms with Crippen LogP contribution in [0.3, 0.4) is 0 Å². The number of carbonyl (C=O) groups excluding carboxylic acids is 1. The lowest BCUT2D eigenvalue weighted by Gasteiger charge is -2.36. The van der Waals surface area contributed by atoms with Crippen molar-refractivity contribution in [2.24, 2.45) is 0 Å². The Kier molecular flexibility index (Phi) is 5.59. The molecule has 0 aliphatic carbocycles. The van der Waals surface area contributed by atoms with Gasteiger partial charge in [-0.2, -0.15) is 0 Å². The first-order valence-corrected chi connectivity index (χ1v) is 9.02. The van der Waals surface area contributed by atoms with Crippen LogP contribution in [0, 0.1) is 13.8 Å². The van der Waals surface area contributed by atoms with Gasteiger partial charge < -0.3 is 15.1 Å². The van der Waals surface area contributed by atoms with Crippen molar-refractivity contribution in [3.8, 4) is 0 Å². The van der Waals surface area contributed by atoms with E-state index in [9.17, 15) is 4.79 Å². The largest absolute Gasteiger partial charge is 0.368 e. The molecule has 0 atom stereocenters. The number of benzene rings is 2. The van der Waals surface area contributed by atoms with Gasteiger partial charge in [-0.3, -0.25) is 0 Å². The summed E-state index contributed by atoms with van der Waals surface area (Å²) in [4.78, 5) is 16.6. The summed E-state index contributed by atoms with van der Waals surface area (Å²) in [5.74, 6) is 0. The maximum Gasteiger partial charge on any atom is 0.317 e. The molecule has 0 bridgehead atoms. The zero-order valence-corrected chi connectivity index (χ0v) is 15.2.